The lowest BCUT2D eigenvalue weighted by atomic mass is 10.2. The maximum atomic E-state index is 12.5. The van der Waals surface area contributed by atoms with Crippen LogP contribution in [-0.4, -0.2) is 45.0 Å². The van der Waals surface area contributed by atoms with Gasteiger partial charge >= 0.3 is 0 Å². The number of nitrogens with zero attached hydrogens (tertiary/aromatic N) is 2. The molecule has 2 amide bonds. The van der Waals surface area contributed by atoms with Crippen LogP contribution in [0.25, 0.3) is 6.08 Å². The van der Waals surface area contributed by atoms with Crippen molar-refractivity contribution in [3.8, 4) is 0 Å². The summed E-state index contributed by atoms with van der Waals surface area (Å²) in [4.78, 5) is 31.9. The fraction of sp³-hybridized carbons (Fsp3) is 0.412. The minimum atomic E-state index is -0.0117. The van der Waals surface area contributed by atoms with E-state index in [1.54, 1.807) is 28.0 Å². The van der Waals surface area contributed by atoms with Crippen molar-refractivity contribution in [2.24, 2.45) is 4.99 Å². The Labute approximate surface area is 170 Å². The maximum absolute atomic E-state index is 12.5. The number of hydrogen-bond acceptors (Lipinski definition) is 7. The molecule has 0 unspecified atom stereocenters. The summed E-state index contributed by atoms with van der Waals surface area (Å²) in [5, 5.41) is 5.56. The molecule has 1 aromatic heterocycles. The molecule has 3 heterocycles. The first-order chi connectivity index (χ1) is 12.6. The number of unbranched alkanes of at least 4 members (excludes halogenated alkanes) is 2. The van der Waals surface area contributed by atoms with E-state index in [1.807, 2.05) is 23.6 Å². The van der Waals surface area contributed by atoms with Gasteiger partial charge in [0.05, 0.1) is 11.4 Å². The Balaban J connectivity index is 1.37. The summed E-state index contributed by atoms with van der Waals surface area (Å²) in [6.07, 6.45) is 4.90. The molecule has 9 heteroatoms. The van der Waals surface area contributed by atoms with E-state index in [-0.39, 0.29) is 11.8 Å². The predicted molar refractivity (Wildman–Crippen MR) is 116 cm³/mol. The van der Waals surface area contributed by atoms with E-state index in [2.05, 4.69) is 10.3 Å². The molecule has 0 radical (unpaired) electrons. The van der Waals surface area contributed by atoms with Crippen molar-refractivity contribution in [1.82, 2.24) is 10.2 Å². The molecule has 0 saturated carbocycles. The molecule has 1 N–H and O–H groups in total. The molecular weight excluding hydrogens is 406 g/mol. The molecule has 26 heavy (non-hydrogen) atoms. The second-order valence-electron chi connectivity index (χ2n) is 5.74. The minimum absolute atomic E-state index is 0.0117. The van der Waals surface area contributed by atoms with Crippen molar-refractivity contribution in [2.75, 3.05) is 18.8 Å². The number of carbonyl (C=O) groups excluding carboxylic acids is 2. The number of carbonyl (C=O) groups is 2. The van der Waals surface area contributed by atoms with Crippen molar-refractivity contribution < 1.29 is 9.59 Å². The smallest absolute Gasteiger partial charge is 0.266 e. The molecule has 0 spiro atoms. The van der Waals surface area contributed by atoms with Gasteiger partial charge in [0.25, 0.3) is 5.91 Å². The van der Waals surface area contributed by atoms with Crippen molar-refractivity contribution >= 4 is 74.5 Å². The van der Waals surface area contributed by atoms with E-state index < -0.39 is 0 Å². The molecule has 1 aromatic rings. The van der Waals surface area contributed by atoms with Crippen LogP contribution in [-0.2, 0) is 9.59 Å². The number of rotatable bonds is 7. The van der Waals surface area contributed by atoms with Gasteiger partial charge in [-0.15, -0.1) is 11.3 Å². The summed E-state index contributed by atoms with van der Waals surface area (Å²) < 4.78 is 0.617. The quantitative estimate of drug-likeness (QED) is 0.410. The van der Waals surface area contributed by atoms with Gasteiger partial charge in [0.1, 0.15) is 4.32 Å². The molecular formula is C17H19N3O2S4. The molecule has 138 valence electrons. The van der Waals surface area contributed by atoms with Gasteiger partial charge in [-0.2, -0.15) is 0 Å². The van der Waals surface area contributed by atoms with Crippen molar-refractivity contribution in [3.63, 3.8) is 0 Å². The van der Waals surface area contributed by atoms with E-state index in [1.165, 1.54) is 11.8 Å². The molecule has 1 saturated heterocycles. The first-order valence-corrected chi connectivity index (χ1v) is 11.5. The van der Waals surface area contributed by atoms with E-state index in [0.29, 0.717) is 22.2 Å². The second kappa shape index (κ2) is 9.68. The highest BCUT2D eigenvalue weighted by atomic mass is 32.2. The fourth-order valence-corrected chi connectivity index (χ4v) is 5.30. The molecule has 0 atom stereocenters. The maximum Gasteiger partial charge on any atom is 0.266 e. The lowest BCUT2D eigenvalue weighted by Gasteiger charge is -2.14. The molecule has 1 fully saturated rings. The Morgan fingerprint density at radius 3 is 3.00 bits per heavy atom. The Hall–Kier alpha value is -1.16. The number of amidine groups is 1. The zero-order chi connectivity index (χ0) is 18.4. The first-order valence-electron chi connectivity index (χ1n) is 8.39. The molecule has 0 bridgehead atoms. The third-order valence-corrected chi connectivity index (χ3v) is 6.90. The summed E-state index contributed by atoms with van der Waals surface area (Å²) in [5.41, 5.74) is 0. The highest BCUT2D eigenvalue weighted by Crippen LogP contribution is 2.33. The molecule has 3 rings (SSSR count). The molecule has 0 aliphatic carbocycles. The molecule has 2 aliphatic rings. The van der Waals surface area contributed by atoms with E-state index >= 15 is 0 Å². The van der Waals surface area contributed by atoms with E-state index in [0.717, 1.165) is 41.6 Å². The highest BCUT2D eigenvalue weighted by Gasteiger charge is 2.31. The van der Waals surface area contributed by atoms with Gasteiger partial charge in [0, 0.05) is 23.6 Å². The lowest BCUT2D eigenvalue weighted by molar-refractivity contribution is -0.122. The number of hydrogen-bond donors (Lipinski definition) is 1. The van der Waals surface area contributed by atoms with Crippen LogP contribution in [0.5, 0.6) is 0 Å². The van der Waals surface area contributed by atoms with E-state index in [4.69, 9.17) is 12.2 Å². The highest BCUT2D eigenvalue weighted by molar-refractivity contribution is 8.26. The monoisotopic (exact) mass is 425 g/mol. The van der Waals surface area contributed by atoms with Crippen LogP contribution >= 0.6 is 47.1 Å². The Bertz CT molecular complexity index is 743. The second-order valence-corrected chi connectivity index (χ2v) is 9.48. The Morgan fingerprint density at radius 1 is 1.38 bits per heavy atom. The van der Waals surface area contributed by atoms with Gasteiger partial charge in [-0.1, -0.05) is 48.2 Å². The summed E-state index contributed by atoms with van der Waals surface area (Å²) in [5.74, 6) is 0.949. The third-order valence-electron chi connectivity index (χ3n) is 3.81. The standard InChI is InChI=1S/C17H19N3O2S4/c21-14(19-16-18-7-10-25-16)6-2-1-3-8-20-15(22)13(26-17(20)23)11-12-5-4-9-24-12/h4-5,9,11H,1-3,6-8,10H2,(H,18,19,21)/b13-11-. The molecule has 5 nitrogen and oxygen atoms in total. The average molecular weight is 426 g/mol. The van der Waals surface area contributed by atoms with Gasteiger partial charge in [0.15, 0.2) is 5.17 Å². The largest absolute Gasteiger partial charge is 0.305 e. The topological polar surface area (TPSA) is 61.8 Å². The summed E-state index contributed by atoms with van der Waals surface area (Å²) >= 11 is 9.89. The van der Waals surface area contributed by atoms with Crippen LogP contribution in [0.2, 0.25) is 0 Å². The Morgan fingerprint density at radius 2 is 2.27 bits per heavy atom. The summed E-state index contributed by atoms with van der Waals surface area (Å²) in [6.45, 7) is 1.39. The van der Waals surface area contributed by atoms with Crippen LogP contribution in [0, 0.1) is 0 Å². The molecule has 0 aromatic carbocycles. The normalized spacial score (nSPS) is 18.7. The predicted octanol–water partition coefficient (Wildman–Crippen LogP) is 3.73. The third kappa shape index (κ3) is 5.42. The van der Waals surface area contributed by atoms with Crippen LogP contribution < -0.4 is 5.32 Å². The number of thioether (sulfide) groups is 2. The number of amides is 2. The van der Waals surface area contributed by atoms with Gasteiger partial charge in [-0.05, 0) is 30.4 Å². The fourth-order valence-electron chi connectivity index (χ4n) is 2.52. The van der Waals surface area contributed by atoms with Gasteiger partial charge in [-0.25, -0.2) is 0 Å². The van der Waals surface area contributed by atoms with Crippen LogP contribution in [0.1, 0.15) is 30.6 Å². The van der Waals surface area contributed by atoms with Crippen LogP contribution in [0.15, 0.2) is 27.4 Å². The van der Waals surface area contributed by atoms with Crippen LogP contribution in [0.4, 0.5) is 0 Å². The van der Waals surface area contributed by atoms with Crippen molar-refractivity contribution in [3.05, 3.63) is 27.3 Å². The van der Waals surface area contributed by atoms with E-state index in [9.17, 15) is 9.59 Å². The minimum Gasteiger partial charge on any atom is -0.305 e. The first kappa shape index (κ1) is 19.6. The summed E-state index contributed by atoms with van der Waals surface area (Å²) in [7, 11) is 0. The zero-order valence-electron chi connectivity index (χ0n) is 14.1. The van der Waals surface area contributed by atoms with Crippen molar-refractivity contribution in [2.45, 2.75) is 25.7 Å². The SMILES string of the molecule is O=C(CCCCCN1C(=O)/C(=C/c2cccs2)SC1=S)NC1=NCCS1. The summed E-state index contributed by atoms with van der Waals surface area (Å²) in [6, 6.07) is 3.95. The van der Waals surface area contributed by atoms with Gasteiger partial charge in [0.2, 0.25) is 5.91 Å². The van der Waals surface area contributed by atoms with Gasteiger partial charge < -0.3 is 5.32 Å². The average Bonchev–Trinajstić information content (AvgIpc) is 3.34. The number of thiophene rings is 1. The van der Waals surface area contributed by atoms with Crippen molar-refractivity contribution in [1.29, 1.82) is 0 Å². The number of thiocarbonyl (C=S) groups is 1. The number of nitrogens with one attached hydrogen (secondary N) is 1. The number of aliphatic imine (C=N–C) groups is 1. The zero-order valence-corrected chi connectivity index (χ0v) is 17.4. The van der Waals surface area contributed by atoms with Crippen LogP contribution in [0.3, 0.4) is 0 Å². The Kier molecular flexibility index (Phi) is 7.30. The lowest BCUT2D eigenvalue weighted by Crippen LogP contribution is -2.29. The van der Waals surface area contributed by atoms with Gasteiger partial charge in [-0.3, -0.25) is 19.5 Å². The molecule has 2 aliphatic heterocycles.